The summed E-state index contributed by atoms with van der Waals surface area (Å²) < 4.78 is 0. The number of thioether (sulfide) groups is 1. The van der Waals surface area contributed by atoms with Gasteiger partial charge in [0.05, 0.1) is 0 Å². The number of hydrogen-bond acceptors (Lipinski definition) is 3. The molecule has 2 amide bonds. The van der Waals surface area contributed by atoms with Crippen molar-refractivity contribution in [2.45, 2.75) is 63.3 Å². The molecule has 0 saturated heterocycles. The zero-order valence-corrected chi connectivity index (χ0v) is 13.3. The quantitative estimate of drug-likeness (QED) is 0.704. The first-order valence-electron chi connectivity index (χ1n) is 7.30. The van der Waals surface area contributed by atoms with Crippen molar-refractivity contribution in [2.24, 2.45) is 5.92 Å². The van der Waals surface area contributed by atoms with Crippen LogP contribution in [0.3, 0.4) is 0 Å². The predicted octanol–water partition coefficient (Wildman–Crippen LogP) is 2.46. The van der Waals surface area contributed by atoms with Gasteiger partial charge in [0.15, 0.2) is 0 Å². The average molecular weight is 302 g/mol. The molecule has 1 aliphatic rings. The Morgan fingerprint density at radius 2 is 1.90 bits per heavy atom. The largest absolute Gasteiger partial charge is 0.480 e. The van der Waals surface area contributed by atoms with Gasteiger partial charge in [-0.25, -0.2) is 9.59 Å². The minimum atomic E-state index is -0.972. The third kappa shape index (κ3) is 5.23. The van der Waals surface area contributed by atoms with E-state index in [4.69, 9.17) is 5.11 Å². The van der Waals surface area contributed by atoms with Gasteiger partial charge in [0.2, 0.25) is 0 Å². The minimum Gasteiger partial charge on any atom is -0.480 e. The summed E-state index contributed by atoms with van der Waals surface area (Å²) in [6.07, 6.45) is 7.00. The number of rotatable bonds is 6. The standard InChI is InChI=1S/C14H26N2O3S/c1-4-9(2)12(13(17)18)16-14(19)15-10-5-7-11(20-3)8-6-10/h9-12H,4-8H2,1-3H3,(H,17,18)(H2,15,16,19)/t9?,10?,11?,12-/m0/s1. The molecule has 0 heterocycles. The van der Waals surface area contributed by atoms with Gasteiger partial charge in [0, 0.05) is 11.3 Å². The van der Waals surface area contributed by atoms with E-state index in [0.29, 0.717) is 5.25 Å². The smallest absolute Gasteiger partial charge is 0.326 e. The maximum Gasteiger partial charge on any atom is 0.326 e. The molecule has 116 valence electrons. The number of carboxylic acids is 1. The van der Waals surface area contributed by atoms with Gasteiger partial charge in [-0.1, -0.05) is 20.3 Å². The molecule has 0 aromatic carbocycles. The van der Waals surface area contributed by atoms with Gasteiger partial charge < -0.3 is 15.7 Å². The summed E-state index contributed by atoms with van der Waals surface area (Å²) >= 11 is 1.88. The Morgan fingerprint density at radius 3 is 2.35 bits per heavy atom. The van der Waals surface area contributed by atoms with Gasteiger partial charge in [-0.05, 0) is 37.9 Å². The van der Waals surface area contributed by atoms with Crippen LogP contribution in [0.15, 0.2) is 0 Å². The Balaban J connectivity index is 2.40. The number of aliphatic carboxylic acids is 1. The third-order valence-electron chi connectivity index (χ3n) is 4.11. The zero-order chi connectivity index (χ0) is 15.1. The molecule has 0 aromatic rings. The van der Waals surface area contributed by atoms with Crippen LogP contribution in [-0.2, 0) is 4.79 Å². The predicted molar refractivity (Wildman–Crippen MR) is 82.1 cm³/mol. The molecule has 0 aromatic heterocycles. The van der Waals surface area contributed by atoms with Crippen LogP contribution in [0, 0.1) is 5.92 Å². The molecule has 6 heteroatoms. The van der Waals surface area contributed by atoms with Crippen LogP contribution in [-0.4, -0.2) is 40.7 Å². The van der Waals surface area contributed by atoms with Gasteiger partial charge in [-0.2, -0.15) is 11.8 Å². The molecule has 1 aliphatic carbocycles. The Kier molecular flexibility index (Phi) is 7.19. The Hall–Kier alpha value is -0.910. The monoisotopic (exact) mass is 302 g/mol. The first-order valence-corrected chi connectivity index (χ1v) is 8.59. The van der Waals surface area contributed by atoms with E-state index in [1.807, 2.05) is 25.6 Å². The molecule has 1 fully saturated rings. The van der Waals surface area contributed by atoms with Crippen molar-refractivity contribution in [3.63, 3.8) is 0 Å². The van der Waals surface area contributed by atoms with Crippen LogP contribution in [0.4, 0.5) is 4.79 Å². The van der Waals surface area contributed by atoms with Crippen LogP contribution < -0.4 is 10.6 Å². The van der Waals surface area contributed by atoms with Gasteiger partial charge in [-0.15, -0.1) is 0 Å². The van der Waals surface area contributed by atoms with E-state index in [1.165, 1.54) is 0 Å². The molecule has 0 bridgehead atoms. The number of carboxylic acid groups (broad SMARTS) is 1. The van der Waals surface area contributed by atoms with Crippen molar-refractivity contribution >= 4 is 23.8 Å². The van der Waals surface area contributed by atoms with E-state index in [2.05, 4.69) is 16.9 Å². The van der Waals surface area contributed by atoms with Crippen molar-refractivity contribution in [2.75, 3.05) is 6.26 Å². The molecule has 1 rings (SSSR count). The molecule has 20 heavy (non-hydrogen) atoms. The maximum absolute atomic E-state index is 11.9. The van der Waals surface area contributed by atoms with Crippen molar-refractivity contribution in [3.05, 3.63) is 0 Å². The van der Waals surface area contributed by atoms with Crippen molar-refractivity contribution < 1.29 is 14.7 Å². The summed E-state index contributed by atoms with van der Waals surface area (Å²) in [5, 5.41) is 15.3. The highest BCUT2D eigenvalue weighted by Crippen LogP contribution is 2.26. The van der Waals surface area contributed by atoms with Crippen LogP contribution >= 0.6 is 11.8 Å². The molecule has 0 spiro atoms. The van der Waals surface area contributed by atoms with Crippen molar-refractivity contribution in [1.82, 2.24) is 10.6 Å². The van der Waals surface area contributed by atoms with E-state index in [-0.39, 0.29) is 18.0 Å². The fourth-order valence-corrected chi connectivity index (χ4v) is 3.24. The van der Waals surface area contributed by atoms with Crippen LogP contribution in [0.25, 0.3) is 0 Å². The maximum atomic E-state index is 11.9. The summed E-state index contributed by atoms with van der Waals surface area (Å²) in [6.45, 7) is 3.76. The van der Waals surface area contributed by atoms with Gasteiger partial charge >= 0.3 is 12.0 Å². The Morgan fingerprint density at radius 1 is 1.30 bits per heavy atom. The molecule has 1 saturated carbocycles. The number of carbonyl (C=O) groups excluding carboxylic acids is 1. The summed E-state index contributed by atoms with van der Waals surface area (Å²) in [4.78, 5) is 23.1. The molecular formula is C14H26N2O3S. The third-order valence-corrected chi connectivity index (χ3v) is 5.25. The molecule has 2 atom stereocenters. The molecular weight excluding hydrogens is 276 g/mol. The highest BCUT2D eigenvalue weighted by atomic mass is 32.2. The van der Waals surface area contributed by atoms with E-state index in [9.17, 15) is 9.59 Å². The topological polar surface area (TPSA) is 78.4 Å². The number of amides is 2. The first kappa shape index (κ1) is 17.1. The second-order valence-electron chi connectivity index (χ2n) is 5.53. The van der Waals surface area contributed by atoms with E-state index in [0.717, 1.165) is 32.1 Å². The second-order valence-corrected chi connectivity index (χ2v) is 6.67. The zero-order valence-electron chi connectivity index (χ0n) is 12.5. The summed E-state index contributed by atoms with van der Waals surface area (Å²) in [5.41, 5.74) is 0. The summed E-state index contributed by atoms with van der Waals surface area (Å²) in [7, 11) is 0. The van der Waals surface area contributed by atoms with Crippen LogP contribution in [0.2, 0.25) is 0 Å². The first-order chi connectivity index (χ1) is 9.47. The highest BCUT2D eigenvalue weighted by molar-refractivity contribution is 7.99. The molecule has 1 unspecified atom stereocenters. The van der Waals surface area contributed by atoms with E-state index < -0.39 is 12.0 Å². The summed E-state index contributed by atoms with van der Waals surface area (Å²) in [6, 6.07) is -1.00. The lowest BCUT2D eigenvalue weighted by molar-refractivity contribution is -0.140. The minimum absolute atomic E-state index is 0.0783. The molecule has 3 N–H and O–H groups in total. The number of urea groups is 1. The van der Waals surface area contributed by atoms with Gasteiger partial charge in [0.1, 0.15) is 6.04 Å². The van der Waals surface area contributed by atoms with Gasteiger partial charge in [0.25, 0.3) is 0 Å². The van der Waals surface area contributed by atoms with Crippen molar-refractivity contribution in [3.8, 4) is 0 Å². The van der Waals surface area contributed by atoms with Crippen molar-refractivity contribution in [1.29, 1.82) is 0 Å². The van der Waals surface area contributed by atoms with E-state index in [1.54, 1.807) is 0 Å². The summed E-state index contributed by atoms with van der Waals surface area (Å²) in [5.74, 6) is -1.05. The highest BCUT2D eigenvalue weighted by Gasteiger charge is 2.27. The SMILES string of the molecule is CCC(C)[C@H](NC(=O)NC1CCC(SC)CC1)C(=O)O. The fourth-order valence-electron chi connectivity index (χ4n) is 2.49. The lowest BCUT2D eigenvalue weighted by Crippen LogP contribution is -2.51. The lowest BCUT2D eigenvalue weighted by atomic mass is 9.95. The van der Waals surface area contributed by atoms with Crippen LogP contribution in [0.5, 0.6) is 0 Å². The average Bonchev–Trinajstić information content (AvgIpc) is 2.44. The molecule has 0 radical (unpaired) electrons. The molecule has 0 aliphatic heterocycles. The second kappa shape index (κ2) is 8.39. The number of hydrogen-bond donors (Lipinski definition) is 3. The number of carbonyl (C=O) groups is 2. The lowest BCUT2D eigenvalue weighted by Gasteiger charge is -2.29. The molecule has 5 nitrogen and oxygen atoms in total. The normalized spacial score (nSPS) is 25.6. The Bertz CT molecular complexity index is 330. The van der Waals surface area contributed by atoms with Gasteiger partial charge in [-0.3, -0.25) is 0 Å². The fraction of sp³-hybridized carbons (Fsp3) is 0.857. The Labute approximate surface area is 125 Å². The number of nitrogens with one attached hydrogen (secondary N) is 2. The van der Waals surface area contributed by atoms with E-state index >= 15 is 0 Å². The van der Waals surface area contributed by atoms with Crippen LogP contribution in [0.1, 0.15) is 46.0 Å².